The Labute approximate surface area is 104 Å². The first-order valence-corrected chi connectivity index (χ1v) is 6.31. The number of amides is 1. The molecule has 3 atom stereocenters. The molecule has 4 heteroatoms. The molecule has 4 nitrogen and oxygen atoms in total. The van der Waals surface area contributed by atoms with Gasteiger partial charge in [0.15, 0.2) is 0 Å². The highest BCUT2D eigenvalue weighted by Crippen LogP contribution is 2.44. The Balaban J connectivity index is 2.64. The molecule has 0 saturated heterocycles. The van der Waals surface area contributed by atoms with Crippen LogP contribution in [0.3, 0.4) is 0 Å². The molecular weight excluding hydrogens is 214 g/mol. The number of carbonyl (C=O) groups excluding carboxylic acids is 1. The fraction of sp³-hybridized carbons (Fsp3) is 0.846. The van der Waals surface area contributed by atoms with E-state index in [1.807, 2.05) is 6.07 Å². The van der Waals surface area contributed by atoms with E-state index < -0.39 is 0 Å². The van der Waals surface area contributed by atoms with Gasteiger partial charge in [0.05, 0.1) is 12.5 Å². The van der Waals surface area contributed by atoms with Crippen LogP contribution in [-0.2, 0) is 4.79 Å². The molecule has 0 aromatic heterocycles. The molecule has 96 valence electrons. The van der Waals surface area contributed by atoms with Crippen LogP contribution in [0.25, 0.3) is 0 Å². The summed E-state index contributed by atoms with van der Waals surface area (Å²) in [5.41, 5.74) is 5.99. The maximum absolute atomic E-state index is 12.1. The largest absolute Gasteiger partial charge is 0.355 e. The molecule has 0 aliphatic heterocycles. The Morgan fingerprint density at radius 3 is 2.76 bits per heavy atom. The molecule has 0 aromatic rings. The zero-order valence-electron chi connectivity index (χ0n) is 11.0. The average Bonchev–Trinajstić information content (AvgIpc) is 2.26. The molecule has 0 aromatic carbocycles. The van der Waals surface area contributed by atoms with E-state index in [0.717, 1.165) is 12.8 Å². The lowest BCUT2D eigenvalue weighted by Gasteiger charge is -2.46. The highest BCUT2D eigenvalue weighted by molar-refractivity contribution is 5.79. The standard InChI is InChI=1S/C13H23N3O/c1-9-11(15)6-5-10(13(9,2)3)12(17)16-8-4-7-14/h9-11H,4-6,8,15H2,1-3H3,(H,16,17). The molecule has 1 rings (SSSR count). The Kier molecular flexibility index (Phi) is 4.53. The number of hydrogen-bond donors (Lipinski definition) is 2. The lowest BCUT2D eigenvalue weighted by molar-refractivity contribution is -0.132. The van der Waals surface area contributed by atoms with E-state index in [2.05, 4.69) is 26.1 Å². The number of rotatable bonds is 3. The van der Waals surface area contributed by atoms with Gasteiger partial charge in [-0.1, -0.05) is 20.8 Å². The number of hydrogen-bond acceptors (Lipinski definition) is 3. The summed E-state index contributed by atoms with van der Waals surface area (Å²) in [4.78, 5) is 12.1. The van der Waals surface area contributed by atoms with E-state index in [1.54, 1.807) is 0 Å². The summed E-state index contributed by atoms with van der Waals surface area (Å²) in [6.07, 6.45) is 2.12. The monoisotopic (exact) mass is 237 g/mol. The molecule has 1 fully saturated rings. The predicted octanol–water partition coefficient (Wildman–Crippen LogP) is 1.42. The van der Waals surface area contributed by atoms with Crippen LogP contribution in [0.15, 0.2) is 0 Å². The maximum atomic E-state index is 12.1. The van der Waals surface area contributed by atoms with Gasteiger partial charge in [-0.3, -0.25) is 4.79 Å². The van der Waals surface area contributed by atoms with Gasteiger partial charge in [-0.2, -0.15) is 5.26 Å². The zero-order valence-corrected chi connectivity index (χ0v) is 11.0. The first-order chi connectivity index (χ1) is 7.91. The van der Waals surface area contributed by atoms with Crippen molar-refractivity contribution in [2.24, 2.45) is 23.0 Å². The zero-order chi connectivity index (χ0) is 13.1. The molecule has 1 amide bonds. The second-order valence-corrected chi connectivity index (χ2v) is 5.60. The van der Waals surface area contributed by atoms with Gasteiger partial charge in [0.2, 0.25) is 5.91 Å². The third-order valence-electron chi connectivity index (χ3n) is 4.36. The normalized spacial score (nSPS) is 31.6. The van der Waals surface area contributed by atoms with Gasteiger partial charge in [0.1, 0.15) is 0 Å². The van der Waals surface area contributed by atoms with Gasteiger partial charge >= 0.3 is 0 Å². The Hall–Kier alpha value is -1.08. The van der Waals surface area contributed by atoms with Crippen molar-refractivity contribution in [3.63, 3.8) is 0 Å². The lowest BCUT2D eigenvalue weighted by atomic mass is 9.61. The molecule has 3 unspecified atom stereocenters. The molecule has 17 heavy (non-hydrogen) atoms. The van der Waals surface area contributed by atoms with Gasteiger partial charge in [-0.25, -0.2) is 0 Å². The fourth-order valence-electron chi connectivity index (χ4n) is 2.68. The van der Waals surface area contributed by atoms with E-state index >= 15 is 0 Å². The summed E-state index contributed by atoms with van der Waals surface area (Å²) in [6, 6.07) is 2.22. The number of nitrogens with two attached hydrogens (primary N) is 1. The highest BCUT2D eigenvalue weighted by atomic mass is 16.1. The third-order valence-corrected chi connectivity index (χ3v) is 4.36. The maximum Gasteiger partial charge on any atom is 0.223 e. The Bertz CT molecular complexity index is 319. The quantitative estimate of drug-likeness (QED) is 0.728. The summed E-state index contributed by atoms with van der Waals surface area (Å²) >= 11 is 0. The smallest absolute Gasteiger partial charge is 0.223 e. The van der Waals surface area contributed by atoms with Crippen LogP contribution in [0.5, 0.6) is 0 Å². The minimum atomic E-state index is -0.0750. The number of nitrogens with zero attached hydrogens (tertiary/aromatic N) is 1. The molecule has 1 saturated carbocycles. The van der Waals surface area contributed by atoms with E-state index in [1.165, 1.54) is 0 Å². The highest BCUT2D eigenvalue weighted by Gasteiger charge is 2.44. The molecule has 3 N–H and O–H groups in total. The number of nitriles is 1. The van der Waals surface area contributed by atoms with Crippen LogP contribution < -0.4 is 11.1 Å². The third kappa shape index (κ3) is 2.98. The summed E-state index contributed by atoms with van der Waals surface area (Å²) in [7, 11) is 0. The SMILES string of the molecule is CC1C(N)CCC(C(=O)NCCC#N)C1(C)C. The molecule has 0 bridgehead atoms. The van der Waals surface area contributed by atoms with Crippen molar-refractivity contribution in [2.45, 2.75) is 46.1 Å². The van der Waals surface area contributed by atoms with Crippen LogP contribution in [0, 0.1) is 28.6 Å². The molecule has 0 radical (unpaired) electrons. The van der Waals surface area contributed by atoms with Gasteiger partial charge in [-0.05, 0) is 24.2 Å². The van der Waals surface area contributed by atoms with Crippen molar-refractivity contribution < 1.29 is 4.79 Å². The van der Waals surface area contributed by atoms with E-state index in [-0.39, 0.29) is 23.3 Å². The second kappa shape index (κ2) is 5.50. The van der Waals surface area contributed by atoms with Crippen molar-refractivity contribution in [3.05, 3.63) is 0 Å². The van der Waals surface area contributed by atoms with Gasteiger partial charge in [0.25, 0.3) is 0 Å². The molecule has 1 aliphatic rings. The summed E-state index contributed by atoms with van der Waals surface area (Å²) in [5, 5.41) is 11.3. The molecule has 0 heterocycles. The van der Waals surface area contributed by atoms with Crippen LogP contribution in [0.1, 0.15) is 40.0 Å². The van der Waals surface area contributed by atoms with E-state index in [4.69, 9.17) is 11.0 Å². The molecule has 1 aliphatic carbocycles. The van der Waals surface area contributed by atoms with Gasteiger partial charge < -0.3 is 11.1 Å². The lowest BCUT2D eigenvalue weighted by Crippen LogP contribution is -2.51. The first-order valence-electron chi connectivity index (χ1n) is 6.31. The second-order valence-electron chi connectivity index (χ2n) is 5.60. The summed E-state index contributed by atoms with van der Waals surface area (Å²) in [5.74, 6) is 0.419. The van der Waals surface area contributed by atoms with Crippen LogP contribution in [0.4, 0.5) is 0 Å². The Morgan fingerprint density at radius 2 is 2.18 bits per heavy atom. The average molecular weight is 237 g/mol. The van der Waals surface area contributed by atoms with Crippen LogP contribution in [0.2, 0.25) is 0 Å². The van der Waals surface area contributed by atoms with Crippen LogP contribution >= 0.6 is 0 Å². The minimum absolute atomic E-state index is 0.0102. The van der Waals surface area contributed by atoms with Crippen molar-refractivity contribution in [1.29, 1.82) is 5.26 Å². The predicted molar refractivity (Wildman–Crippen MR) is 66.9 cm³/mol. The van der Waals surface area contributed by atoms with E-state index in [0.29, 0.717) is 18.9 Å². The molecular formula is C13H23N3O. The number of nitrogens with one attached hydrogen (secondary N) is 1. The number of carbonyl (C=O) groups is 1. The Morgan fingerprint density at radius 1 is 1.53 bits per heavy atom. The first kappa shape index (κ1) is 14.0. The summed E-state index contributed by atoms with van der Waals surface area (Å²) in [6.45, 7) is 6.80. The van der Waals surface area contributed by atoms with Crippen molar-refractivity contribution in [2.75, 3.05) is 6.54 Å². The van der Waals surface area contributed by atoms with Crippen LogP contribution in [-0.4, -0.2) is 18.5 Å². The molecule has 0 spiro atoms. The van der Waals surface area contributed by atoms with Gasteiger partial charge in [-0.15, -0.1) is 0 Å². The minimum Gasteiger partial charge on any atom is -0.355 e. The van der Waals surface area contributed by atoms with Crippen molar-refractivity contribution in [3.8, 4) is 6.07 Å². The van der Waals surface area contributed by atoms with Gasteiger partial charge in [0, 0.05) is 18.5 Å². The summed E-state index contributed by atoms with van der Waals surface area (Å²) < 4.78 is 0. The van der Waals surface area contributed by atoms with Crippen molar-refractivity contribution in [1.82, 2.24) is 5.32 Å². The van der Waals surface area contributed by atoms with E-state index in [9.17, 15) is 4.79 Å². The topological polar surface area (TPSA) is 78.9 Å². The van der Waals surface area contributed by atoms with Crippen molar-refractivity contribution >= 4 is 5.91 Å². The fourth-order valence-corrected chi connectivity index (χ4v) is 2.68.